The van der Waals surface area contributed by atoms with Gasteiger partial charge in [0.2, 0.25) is 0 Å². The molecule has 0 bridgehead atoms. The number of rotatable bonds is 5. The molecule has 0 aliphatic heterocycles. The fraction of sp³-hybridized carbons (Fsp3) is 0.909. The first-order valence-electron chi connectivity index (χ1n) is 5.74. The molecular formula is C11H26N2OTa. The molecule has 0 atom stereocenters. The predicted molar refractivity (Wildman–Crippen MR) is 62.8 cm³/mol. The topological polar surface area (TPSA) is 41.5 Å². The van der Waals surface area contributed by atoms with Gasteiger partial charge in [0.05, 0.1) is 0 Å². The van der Waals surface area contributed by atoms with Crippen molar-refractivity contribution in [3.05, 3.63) is 0 Å². The summed E-state index contributed by atoms with van der Waals surface area (Å²) >= 11 is -3.39. The molecule has 91 valence electrons. The van der Waals surface area contributed by atoms with Crippen LogP contribution in [0.2, 0.25) is 13.9 Å². The maximum atomic E-state index is 10.9. The molecular weight excluding hydrogens is 357 g/mol. The number of hydrogen-bond acceptors (Lipinski definition) is 2. The van der Waals surface area contributed by atoms with Gasteiger partial charge in [0.15, 0.2) is 0 Å². The van der Waals surface area contributed by atoms with Gasteiger partial charge in [0.1, 0.15) is 0 Å². The molecule has 0 spiro atoms. The van der Waals surface area contributed by atoms with Crippen molar-refractivity contribution in [2.24, 2.45) is 3.34 Å². The van der Waals surface area contributed by atoms with E-state index in [0.717, 1.165) is 20.3 Å². The summed E-state index contributed by atoms with van der Waals surface area (Å²) in [5, 5.41) is 0. The van der Waals surface area contributed by atoms with Gasteiger partial charge in [-0.3, -0.25) is 0 Å². The zero-order chi connectivity index (χ0) is 12.2. The molecule has 1 N–H and O–H groups in total. The van der Waals surface area contributed by atoms with Crippen LogP contribution in [0.1, 0.15) is 41.5 Å². The Balaban J connectivity index is 5.72. The molecule has 4 heteroatoms. The molecule has 0 radical (unpaired) electrons. The monoisotopic (exact) mass is 383 g/mol. The first-order valence-corrected chi connectivity index (χ1v) is 15.6. The Bertz CT molecular complexity index is 268. The van der Waals surface area contributed by atoms with Gasteiger partial charge in [-0.1, -0.05) is 0 Å². The van der Waals surface area contributed by atoms with Crippen LogP contribution in [0, 0.1) is 0 Å². The van der Waals surface area contributed by atoms with Gasteiger partial charge >= 0.3 is 95.2 Å². The van der Waals surface area contributed by atoms with Crippen molar-refractivity contribution in [2.75, 3.05) is 0 Å². The molecule has 0 aliphatic carbocycles. The van der Waals surface area contributed by atoms with E-state index in [0.29, 0.717) is 0 Å². The summed E-state index contributed by atoms with van der Waals surface area (Å²) in [6, 6.07) is 0. The second kappa shape index (κ2) is 4.90. The summed E-state index contributed by atoms with van der Waals surface area (Å²) in [5.41, 5.74) is -0.0504. The molecule has 15 heavy (non-hydrogen) atoms. The van der Waals surface area contributed by atoms with Crippen LogP contribution < -0.4 is 3.72 Å². The number of carbonyl (C=O) groups is 1. The summed E-state index contributed by atoms with van der Waals surface area (Å²) < 4.78 is 11.4. The number of hydrogen-bond donors (Lipinski definition) is 1. The van der Waals surface area contributed by atoms with Gasteiger partial charge in [-0.2, -0.15) is 0 Å². The van der Waals surface area contributed by atoms with Gasteiger partial charge < -0.3 is 0 Å². The van der Waals surface area contributed by atoms with Crippen LogP contribution in [0.25, 0.3) is 0 Å². The van der Waals surface area contributed by atoms with Gasteiger partial charge in [-0.15, -0.1) is 0 Å². The van der Waals surface area contributed by atoms with E-state index in [-0.39, 0.29) is 5.54 Å². The van der Waals surface area contributed by atoms with Crippen LogP contribution in [0.15, 0.2) is 3.34 Å². The van der Waals surface area contributed by atoms with Crippen molar-refractivity contribution >= 4 is 6.41 Å². The molecule has 0 saturated carbocycles. The van der Waals surface area contributed by atoms with Crippen molar-refractivity contribution in [1.82, 2.24) is 3.72 Å². The summed E-state index contributed by atoms with van der Waals surface area (Å²) in [6.07, 6.45) is 0.874. The van der Waals surface area contributed by atoms with E-state index in [1.54, 1.807) is 0 Å². The Labute approximate surface area is 95.1 Å². The van der Waals surface area contributed by atoms with E-state index in [1.165, 1.54) is 0 Å². The van der Waals surface area contributed by atoms with E-state index in [2.05, 4.69) is 45.3 Å². The van der Waals surface area contributed by atoms with E-state index in [1.807, 2.05) is 0 Å². The summed E-state index contributed by atoms with van der Waals surface area (Å²) in [6.45, 7) is 12.9. The predicted octanol–water partition coefficient (Wildman–Crippen LogP) is 3.63. The molecule has 0 aromatic heterocycles. The molecule has 0 aromatic rings. The van der Waals surface area contributed by atoms with Crippen LogP contribution >= 0.6 is 0 Å². The van der Waals surface area contributed by atoms with Crippen LogP contribution in [0.5, 0.6) is 0 Å². The van der Waals surface area contributed by atoms with Gasteiger partial charge in [0.25, 0.3) is 0 Å². The van der Waals surface area contributed by atoms with Crippen molar-refractivity contribution in [3.8, 4) is 0 Å². The summed E-state index contributed by atoms with van der Waals surface area (Å²) in [4.78, 5) is 10.9. The van der Waals surface area contributed by atoms with Crippen LogP contribution in [0.3, 0.4) is 0 Å². The third kappa shape index (κ3) is 3.51. The van der Waals surface area contributed by atoms with Gasteiger partial charge in [-0.25, -0.2) is 0 Å². The van der Waals surface area contributed by atoms with Gasteiger partial charge in [0, 0.05) is 0 Å². The fourth-order valence-corrected chi connectivity index (χ4v) is 17.3. The molecule has 1 amide bonds. The Morgan fingerprint density at radius 2 is 1.53 bits per heavy atom. The van der Waals surface area contributed by atoms with E-state index in [4.69, 9.17) is 3.34 Å². The number of carbonyl (C=O) groups excluding carboxylic acids is 1. The van der Waals surface area contributed by atoms with Crippen molar-refractivity contribution in [1.29, 1.82) is 0 Å². The molecule has 0 unspecified atom stereocenters. The third-order valence-corrected chi connectivity index (χ3v) is 26.1. The maximum absolute atomic E-state index is 10.9. The Morgan fingerprint density at radius 1 is 1.13 bits per heavy atom. The zero-order valence-electron chi connectivity index (χ0n) is 11.0. The van der Waals surface area contributed by atoms with Crippen molar-refractivity contribution in [3.63, 3.8) is 0 Å². The Morgan fingerprint density at radius 3 is 1.73 bits per heavy atom. The minimum absolute atomic E-state index is 0.0504. The molecule has 0 aromatic carbocycles. The molecule has 0 fully saturated rings. The zero-order valence-corrected chi connectivity index (χ0v) is 14.2. The molecule has 0 heterocycles. The van der Waals surface area contributed by atoms with E-state index >= 15 is 0 Å². The average molecular weight is 383 g/mol. The van der Waals surface area contributed by atoms with Crippen LogP contribution in [-0.4, -0.2) is 11.9 Å². The molecule has 0 rings (SSSR count). The average Bonchev–Trinajstić information content (AvgIpc) is 2.16. The summed E-state index contributed by atoms with van der Waals surface area (Å²) in [7, 11) is 0. The SMILES string of the molecule is C[CH2][Ta]([CH2]C)([CH2]C)(=[N]C(C)(C)C)[NH]C=O. The third-order valence-electron chi connectivity index (χ3n) is 3.19. The standard InChI is InChI=1S/C4H9N.3C2H5.CH3NO.Ta/c1-4(2,3)5;3*1-2;2-1-3;/h1-3H3;3*1H2,2H3;1H,(H2,2,3);/q;;;;;+1/p-1. The normalized spacial score (nSPS) is 15.2. The van der Waals surface area contributed by atoms with Crippen molar-refractivity contribution < 1.29 is 20.7 Å². The number of nitrogens with zero attached hydrogens (tertiary/aromatic N) is 1. The fourth-order valence-electron chi connectivity index (χ4n) is 2.11. The summed E-state index contributed by atoms with van der Waals surface area (Å²) in [5.74, 6) is 0. The second-order valence-corrected chi connectivity index (χ2v) is 25.6. The van der Waals surface area contributed by atoms with E-state index < -0.39 is 15.9 Å². The molecule has 0 aliphatic rings. The Kier molecular flexibility index (Phi) is 4.90. The first-order chi connectivity index (χ1) is 6.76. The number of amides is 1. The Hall–Kier alpha value is 0.0103. The van der Waals surface area contributed by atoms with Gasteiger partial charge in [-0.05, 0) is 0 Å². The quantitative estimate of drug-likeness (QED) is 0.724. The van der Waals surface area contributed by atoms with Crippen LogP contribution in [-0.2, 0) is 20.7 Å². The minimum atomic E-state index is -3.39. The second-order valence-electron chi connectivity index (χ2n) is 5.14. The first kappa shape index (κ1) is 15.0. The number of nitrogens with one attached hydrogen (secondary N) is 1. The van der Waals surface area contributed by atoms with E-state index in [9.17, 15) is 4.79 Å². The van der Waals surface area contributed by atoms with Crippen LogP contribution in [0.4, 0.5) is 0 Å². The molecule has 3 nitrogen and oxygen atoms in total. The van der Waals surface area contributed by atoms with Crippen molar-refractivity contribution in [2.45, 2.75) is 61.0 Å². The molecule has 0 saturated heterocycles.